The summed E-state index contributed by atoms with van der Waals surface area (Å²) < 4.78 is 50.6. The average molecular weight is 500 g/mol. The fourth-order valence-corrected chi connectivity index (χ4v) is 5.37. The lowest BCUT2D eigenvalue weighted by atomic mass is 9.94. The van der Waals surface area contributed by atoms with Crippen LogP contribution in [0.2, 0.25) is 0 Å². The molecule has 1 amide bonds. The van der Waals surface area contributed by atoms with Crippen LogP contribution in [0.5, 0.6) is 5.75 Å². The smallest absolute Gasteiger partial charge is 0.387 e. The van der Waals surface area contributed by atoms with Gasteiger partial charge in [-0.3, -0.25) is 23.7 Å². The number of rotatable bonds is 5. The molecule has 0 aliphatic carbocycles. The molecule has 10 nitrogen and oxygen atoms in total. The Morgan fingerprint density at radius 3 is 2.53 bits per heavy atom. The minimum absolute atomic E-state index is 0.00340. The van der Waals surface area contributed by atoms with Gasteiger partial charge in [0.1, 0.15) is 27.6 Å². The van der Waals surface area contributed by atoms with Crippen molar-refractivity contribution in [3.05, 3.63) is 51.7 Å². The highest BCUT2D eigenvalue weighted by molar-refractivity contribution is 8.26. The van der Waals surface area contributed by atoms with E-state index in [1.807, 2.05) is 0 Å². The summed E-state index contributed by atoms with van der Waals surface area (Å²) in [5.74, 6) is -1.06. The van der Waals surface area contributed by atoms with E-state index >= 15 is 0 Å². The van der Waals surface area contributed by atoms with Crippen molar-refractivity contribution in [3.8, 4) is 5.75 Å². The molecule has 0 bridgehead atoms. The third kappa shape index (κ3) is 4.63. The largest absolute Gasteiger partial charge is 0.433 e. The summed E-state index contributed by atoms with van der Waals surface area (Å²) in [5, 5.41) is 2.62. The van der Waals surface area contributed by atoms with Crippen LogP contribution in [0.3, 0.4) is 0 Å². The Balaban J connectivity index is 1.98. The second kappa shape index (κ2) is 8.64. The molecule has 1 atom stereocenters. The third-order valence-electron chi connectivity index (χ3n) is 5.80. The molecule has 34 heavy (non-hydrogen) atoms. The van der Waals surface area contributed by atoms with Crippen LogP contribution >= 0.6 is 10.6 Å². The molecule has 0 saturated heterocycles. The van der Waals surface area contributed by atoms with Crippen molar-refractivity contribution >= 4 is 28.0 Å². The highest BCUT2D eigenvalue weighted by Crippen LogP contribution is 2.58. The molecule has 0 unspecified atom stereocenters. The summed E-state index contributed by atoms with van der Waals surface area (Å²) in [6, 6.07) is 2.65. The lowest BCUT2D eigenvalue weighted by Gasteiger charge is -2.53. The summed E-state index contributed by atoms with van der Waals surface area (Å²) in [7, 11) is -1.78. The van der Waals surface area contributed by atoms with Crippen molar-refractivity contribution in [2.75, 3.05) is 11.1 Å². The lowest BCUT2D eigenvalue weighted by molar-refractivity contribution is -0.0501. The zero-order chi connectivity index (χ0) is 25.6. The van der Waals surface area contributed by atoms with Crippen LogP contribution < -0.4 is 21.3 Å². The molecular formula is C21H27F2N5O5S. The number of pyridine rings is 2. The van der Waals surface area contributed by atoms with Crippen molar-refractivity contribution in [2.45, 2.75) is 44.6 Å². The first-order valence-electron chi connectivity index (χ1n) is 10.1. The number of halogens is 2. The van der Waals surface area contributed by atoms with E-state index in [0.717, 1.165) is 6.20 Å². The van der Waals surface area contributed by atoms with Crippen molar-refractivity contribution < 1.29 is 27.4 Å². The topological polar surface area (TPSA) is 152 Å². The van der Waals surface area contributed by atoms with Crippen molar-refractivity contribution in [2.24, 2.45) is 17.8 Å². The summed E-state index contributed by atoms with van der Waals surface area (Å²) in [5.41, 5.74) is 4.84. The van der Waals surface area contributed by atoms with E-state index in [1.54, 1.807) is 20.8 Å². The fourth-order valence-electron chi connectivity index (χ4n) is 3.62. The number of amidine groups is 1. The molecule has 1 aliphatic heterocycles. The van der Waals surface area contributed by atoms with Gasteiger partial charge in [-0.05, 0) is 45.4 Å². The van der Waals surface area contributed by atoms with Gasteiger partial charge in [0.25, 0.3) is 11.5 Å². The Kier molecular flexibility index (Phi) is 6.50. The number of nitrogens with zero attached hydrogens (tertiary/aromatic N) is 3. The van der Waals surface area contributed by atoms with Crippen LogP contribution in [0.1, 0.15) is 42.4 Å². The molecule has 2 aromatic rings. The predicted octanol–water partition coefficient (Wildman–Crippen LogP) is 3.06. The molecule has 3 heterocycles. The minimum atomic E-state index is -3.26. The van der Waals surface area contributed by atoms with E-state index in [-0.39, 0.29) is 34.3 Å². The monoisotopic (exact) mass is 499 g/mol. The Bertz CT molecular complexity index is 1230. The SMILES string of the molecule is Cc1cc(OC(F)F)cnc1C(=O)Nc1cc([C@]2(C)CS(O)(O)C(C)(C)C(N)=N2)c(=O)n(C)c1. The van der Waals surface area contributed by atoms with Gasteiger partial charge in [0.15, 0.2) is 0 Å². The number of alkyl halides is 2. The number of carbonyl (C=O) groups excluding carboxylic acids is 1. The maximum atomic E-state index is 12.9. The average Bonchev–Trinajstić information content (AvgIpc) is 2.68. The number of aliphatic imine (C=N–C) groups is 1. The van der Waals surface area contributed by atoms with Gasteiger partial charge in [0.05, 0.1) is 17.6 Å². The van der Waals surface area contributed by atoms with Crippen LogP contribution in [-0.4, -0.2) is 47.5 Å². The summed E-state index contributed by atoms with van der Waals surface area (Å²) in [6.45, 7) is 3.20. The van der Waals surface area contributed by atoms with Crippen LogP contribution in [0.4, 0.5) is 14.5 Å². The van der Waals surface area contributed by atoms with Gasteiger partial charge in [-0.2, -0.15) is 19.4 Å². The van der Waals surface area contributed by atoms with Gasteiger partial charge >= 0.3 is 6.61 Å². The number of amides is 1. The van der Waals surface area contributed by atoms with Gasteiger partial charge in [-0.15, -0.1) is 0 Å². The highest BCUT2D eigenvalue weighted by atomic mass is 32.3. The first-order valence-corrected chi connectivity index (χ1v) is 11.8. The Morgan fingerprint density at radius 2 is 1.97 bits per heavy atom. The molecule has 1 aliphatic rings. The molecule has 2 aromatic heterocycles. The number of hydrogen-bond donors (Lipinski definition) is 4. The van der Waals surface area contributed by atoms with Crippen LogP contribution in [-0.2, 0) is 12.6 Å². The normalized spacial score (nSPS) is 22.1. The zero-order valence-electron chi connectivity index (χ0n) is 19.3. The first-order chi connectivity index (χ1) is 15.6. The maximum absolute atomic E-state index is 12.9. The zero-order valence-corrected chi connectivity index (χ0v) is 20.1. The molecule has 0 spiro atoms. The lowest BCUT2D eigenvalue weighted by Crippen LogP contribution is -2.53. The predicted molar refractivity (Wildman–Crippen MR) is 126 cm³/mol. The minimum Gasteiger partial charge on any atom is -0.433 e. The van der Waals surface area contributed by atoms with Crippen LogP contribution in [0, 0.1) is 6.92 Å². The van der Waals surface area contributed by atoms with E-state index in [2.05, 4.69) is 20.0 Å². The molecule has 0 aromatic carbocycles. The van der Waals surface area contributed by atoms with Crippen molar-refractivity contribution in [3.63, 3.8) is 0 Å². The maximum Gasteiger partial charge on any atom is 0.387 e. The Hall–Kier alpha value is -3.03. The number of aryl methyl sites for hydroxylation is 2. The molecule has 13 heteroatoms. The summed E-state index contributed by atoms with van der Waals surface area (Å²) in [4.78, 5) is 34.1. The standard InChI is InChI=1S/C21H27F2N5O5S/c1-11-6-13(33-19(22)23)8-25-15(11)16(29)26-12-7-14(17(30)28(5)9-12)21(4)10-34(31,32)20(2,3)18(24)27-21/h6-9,19,31-32H,10H2,1-5H3,(H2,24,27)(H,26,29)/t21-/m0/s1. The molecule has 0 saturated carbocycles. The van der Waals surface area contributed by atoms with E-state index in [0.29, 0.717) is 5.56 Å². The Morgan fingerprint density at radius 1 is 1.32 bits per heavy atom. The van der Waals surface area contributed by atoms with Gasteiger partial charge in [0.2, 0.25) is 0 Å². The number of nitrogens with one attached hydrogen (secondary N) is 1. The van der Waals surface area contributed by atoms with Crippen molar-refractivity contribution in [1.29, 1.82) is 0 Å². The third-order valence-corrected chi connectivity index (χ3v) is 8.61. The van der Waals surface area contributed by atoms with Gasteiger partial charge in [-0.1, -0.05) is 0 Å². The van der Waals surface area contributed by atoms with E-state index < -0.39 is 39.0 Å². The number of aromatic nitrogens is 2. The second-order valence-corrected chi connectivity index (χ2v) is 11.5. The first kappa shape index (κ1) is 25.6. The van der Waals surface area contributed by atoms with E-state index in [1.165, 1.54) is 36.9 Å². The second-order valence-electron chi connectivity index (χ2n) is 8.82. The molecule has 3 rings (SSSR count). The van der Waals surface area contributed by atoms with Gasteiger partial charge in [-0.25, -0.2) is 4.98 Å². The number of ether oxygens (including phenoxy) is 1. The molecule has 0 fully saturated rings. The Labute approximate surface area is 196 Å². The number of nitrogens with two attached hydrogens (primary N) is 1. The number of anilines is 1. The molecular weight excluding hydrogens is 472 g/mol. The van der Waals surface area contributed by atoms with Crippen LogP contribution in [0.15, 0.2) is 34.3 Å². The van der Waals surface area contributed by atoms with E-state index in [4.69, 9.17) is 5.73 Å². The quantitative estimate of drug-likeness (QED) is 0.493. The van der Waals surface area contributed by atoms with E-state index in [9.17, 15) is 27.5 Å². The summed E-state index contributed by atoms with van der Waals surface area (Å²) in [6.07, 6.45) is 2.39. The molecule has 0 radical (unpaired) electrons. The molecule has 5 N–H and O–H groups in total. The van der Waals surface area contributed by atoms with Gasteiger partial charge < -0.3 is 20.4 Å². The van der Waals surface area contributed by atoms with Crippen LogP contribution in [0.25, 0.3) is 0 Å². The van der Waals surface area contributed by atoms with Crippen molar-refractivity contribution in [1.82, 2.24) is 9.55 Å². The fraction of sp³-hybridized carbons (Fsp3) is 0.429. The number of hydrogen-bond acceptors (Lipinski definition) is 8. The molecule has 186 valence electrons. The summed E-state index contributed by atoms with van der Waals surface area (Å²) >= 11 is 0. The van der Waals surface area contributed by atoms with Gasteiger partial charge in [0, 0.05) is 18.8 Å². The number of carbonyl (C=O) groups is 1. The highest BCUT2D eigenvalue weighted by Gasteiger charge is 2.49.